The molecule has 0 bridgehead atoms. The summed E-state index contributed by atoms with van der Waals surface area (Å²) < 4.78 is 0. The van der Waals surface area contributed by atoms with Crippen LogP contribution in [0.1, 0.15) is 80.1 Å². The molecular formula is C30H56O4Si2Ti. The Balaban J connectivity index is -0.000000420. The van der Waals surface area contributed by atoms with E-state index in [9.17, 15) is 9.59 Å². The topological polar surface area (TPSA) is 80.9 Å². The molecule has 0 saturated carbocycles. The average molecular weight is 585 g/mol. The molecule has 37 heavy (non-hydrogen) atoms. The fourth-order valence-corrected chi connectivity index (χ4v) is 11.5. The minimum absolute atomic E-state index is 0. The molecule has 4 N–H and O–H groups in total. The van der Waals surface area contributed by atoms with Gasteiger partial charge in [-0.1, -0.05) is 116 Å². The summed E-state index contributed by atoms with van der Waals surface area (Å²) in [5.41, 5.74) is 0. The fraction of sp³-hybridized carbons (Fsp3) is 0.600. The van der Waals surface area contributed by atoms with Gasteiger partial charge in [-0.3, -0.25) is 0 Å². The van der Waals surface area contributed by atoms with Crippen LogP contribution in [0.4, 0.5) is 0 Å². The van der Waals surface area contributed by atoms with Gasteiger partial charge >= 0.3 is 0 Å². The predicted octanol–water partition coefficient (Wildman–Crippen LogP) is 9.09. The second kappa shape index (κ2) is 26.7. The van der Waals surface area contributed by atoms with Crippen LogP contribution in [0, 0.1) is 0 Å². The Morgan fingerprint density at radius 1 is 0.432 bits per heavy atom. The Bertz CT molecular complexity index is 610. The van der Waals surface area contributed by atoms with E-state index in [1.165, 1.54) is 0 Å². The van der Waals surface area contributed by atoms with Gasteiger partial charge in [-0.05, 0) is 60.5 Å². The third kappa shape index (κ3) is 25.2. The van der Waals surface area contributed by atoms with Crippen molar-refractivity contribution >= 4 is 16.6 Å². The molecule has 4 nitrogen and oxygen atoms in total. The average Bonchev–Trinajstić information content (AvgIpc) is 2.82. The summed E-state index contributed by atoms with van der Waals surface area (Å²) in [6.07, 6.45) is 6.93. The Kier molecular flexibility index (Phi) is 29.3. The van der Waals surface area contributed by atoms with Crippen molar-refractivity contribution in [2.75, 3.05) is 0 Å². The molecule has 2 aromatic carbocycles. The smallest absolute Gasteiger partial charge is 0.188 e. The standard InChI is InChI=1S/2C9H22OSi.2C6H6O.Ti/c2*1-4-7-11(10,8-5-2)9-6-3;2*7-6-4-2-1-3-5-6;/h2*10H,4-9H2,1-3H3;2*1-5,7H;. The normalized spacial score (nSPS) is 10.4. The van der Waals surface area contributed by atoms with Crippen LogP contribution >= 0.6 is 0 Å². The second-order valence-electron chi connectivity index (χ2n) is 9.62. The molecule has 212 valence electrons. The van der Waals surface area contributed by atoms with Crippen molar-refractivity contribution in [1.29, 1.82) is 0 Å². The van der Waals surface area contributed by atoms with Gasteiger partial charge in [-0.15, -0.1) is 0 Å². The van der Waals surface area contributed by atoms with Crippen molar-refractivity contribution in [3.8, 4) is 11.5 Å². The van der Waals surface area contributed by atoms with E-state index in [2.05, 4.69) is 41.5 Å². The van der Waals surface area contributed by atoms with Crippen molar-refractivity contribution in [2.45, 2.75) is 116 Å². The molecule has 0 aromatic heterocycles. The Labute approximate surface area is 245 Å². The van der Waals surface area contributed by atoms with Crippen LogP contribution in [-0.4, -0.2) is 36.4 Å². The molecule has 2 aromatic rings. The number of hydrogen-bond donors (Lipinski definition) is 4. The van der Waals surface area contributed by atoms with E-state index in [1.807, 2.05) is 12.1 Å². The van der Waals surface area contributed by atoms with Gasteiger partial charge in [0.25, 0.3) is 0 Å². The van der Waals surface area contributed by atoms with Crippen LogP contribution in [-0.2, 0) is 21.7 Å². The molecule has 0 atom stereocenters. The number of hydrogen-bond acceptors (Lipinski definition) is 4. The third-order valence-electron chi connectivity index (χ3n) is 5.80. The van der Waals surface area contributed by atoms with E-state index >= 15 is 0 Å². The summed E-state index contributed by atoms with van der Waals surface area (Å²) in [6.45, 7) is 13.0. The molecular weight excluding hydrogens is 528 g/mol. The van der Waals surface area contributed by atoms with Crippen molar-refractivity contribution in [2.24, 2.45) is 0 Å². The first kappa shape index (κ1) is 40.6. The molecule has 2 rings (SSSR count). The predicted molar refractivity (Wildman–Crippen MR) is 163 cm³/mol. The van der Waals surface area contributed by atoms with Crippen molar-refractivity contribution < 1.29 is 41.5 Å². The van der Waals surface area contributed by atoms with Gasteiger partial charge in [0.2, 0.25) is 0 Å². The molecule has 0 aliphatic rings. The van der Waals surface area contributed by atoms with E-state index in [-0.39, 0.29) is 21.7 Å². The molecule has 0 heterocycles. The van der Waals surface area contributed by atoms with E-state index in [0.717, 1.165) is 74.8 Å². The molecule has 0 aliphatic carbocycles. The Morgan fingerprint density at radius 2 is 0.622 bits per heavy atom. The molecule has 0 aliphatic heterocycles. The Morgan fingerprint density at radius 3 is 0.730 bits per heavy atom. The summed E-state index contributed by atoms with van der Waals surface area (Å²) in [5.74, 6) is 0.644. The van der Waals surface area contributed by atoms with E-state index in [0.29, 0.717) is 11.5 Å². The van der Waals surface area contributed by atoms with E-state index in [4.69, 9.17) is 10.2 Å². The zero-order chi connectivity index (χ0) is 27.7. The van der Waals surface area contributed by atoms with Gasteiger partial charge in [0.15, 0.2) is 16.6 Å². The third-order valence-corrected chi connectivity index (χ3v) is 14.4. The number of aromatic hydroxyl groups is 2. The molecule has 0 radical (unpaired) electrons. The van der Waals surface area contributed by atoms with Crippen LogP contribution < -0.4 is 0 Å². The molecule has 0 fully saturated rings. The zero-order valence-corrected chi connectivity index (χ0v) is 28.1. The minimum atomic E-state index is -1.75. The summed E-state index contributed by atoms with van der Waals surface area (Å²) in [5, 5.41) is 17.3. The maximum atomic E-state index is 10.2. The van der Waals surface area contributed by atoms with E-state index < -0.39 is 16.6 Å². The quantitative estimate of drug-likeness (QED) is 0.188. The first-order valence-corrected chi connectivity index (χ1v) is 19.2. The van der Waals surface area contributed by atoms with Crippen LogP contribution in [0.25, 0.3) is 0 Å². The minimum Gasteiger partial charge on any atom is -0.508 e. The van der Waals surface area contributed by atoms with Gasteiger partial charge in [-0.2, -0.15) is 0 Å². The largest absolute Gasteiger partial charge is 0.508 e. The van der Waals surface area contributed by atoms with Crippen LogP contribution in [0.5, 0.6) is 11.5 Å². The maximum Gasteiger partial charge on any atom is 0.188 e. The number of para-hydroxylation sites is 2. The van der Waals surface area contributed by atoms with Gasteiger partial charge in [0.05, 0.1) is 0 Å². The molecule has 0 saturated heterocycles. The molecule has 7 heteroatoms. The molecule has 0 spiro atoms. The summed E-state index contributed by atoms with van der Waals surface area (Å²) >= 11 is 0. The van der Waals surface area contributed by atoms with Crippen LogP contribution in [0.3, 0.4) is 0 Å². The van der Waals surface area contributed by atoms with Crippen LogP contribution in [0.2, 0.25) is 36.3 Å². The number of phenols is 2. The second-order valence-corrected chi connectivity index (χ2v) is 17.5. The Hall–Kier alpha value is -0.892. The van der Waals surface area contributed by atoms with Gasteiger partial charge in [-0.25, -0.2) is 0 Å². The SMILES string of the molecule is CCC[Si](O)(CCC)CCC.CCC[Si](O)(CCC)CCC.Oc1ccccc1.Oc1ccccc1.[Ti]. The first-order chi connectivity index (χ1) is 17.2. The summed E-state index contributed by atoms with van der Waals surface area (Å²) in [6, 6.07) is 24.1. The number of phenolic OH excluding ortho intramolecular Hbond substituents is 2. The van der Waals surface area contributed by atoms with Crippen molar-refractivity contribution in [1.82, 2.24) is 0 Å². The van der Waals surface area contributed by atoms with Crippen molar-refractivity contribution in [3.63, 3.8) is 0 Å². The molecule has 0 unspecified atom stereocenters. The fourth-order valence-electron chi connectivity index (χ4n) is 4.40. The van der Waals surface area contributed by atoms with Gasteiger partial charge < -0.3 is 19.8 Å². The number of benzene rings is 2. The maximum absolute atomic E-state index is 10.2. The van der Waals surface area contributed by atoms with Gasteiger partial charge in [0.1, 0.15) is 11.5 Å². The first-order valence-electron chi connectivity index (χ1n) is 14.1. The van der Waals surface area contributed by atoms with Crippen molar-refractivity contribution in [3.05, 3.63) is 60.7 Å². The van der Waals surface area contributed by atoms with Gasteiger partial charge in [0, 0.05) is 21.7 Å². The molecule has 0 amide bonds. The summed E-state index contributed by atoms with van der Waals surface area (Å²) in [7, 11) is -3.50. The zero-order valence-electron chi connectivity index (χ0n) is 24.5. The summed E-state index contributed by atoms with van der Waals surface area (Å²) in [4.78, 5) is 20.3. The monoisotopic (exact) mass is 584 g/mol. The van der Waals surface area contributed by atoms with E-state index in [1.54, 1.807) is 48.5 Å². The number of rotatable bonds is 12. The van der Waals surface area contributed by atoms with Crippen LogP contribution in [0.15, 0.2) is 60.7 Å².